The summed E-state index contributed by atoms with van der Waals surface area (Å²) >= 11 is 0. The zero-order valence-electron chi connectivity index (χ0n) is 8.54. The lowest BCUT2D eigenvalue weighted by molar-refractivity contribution is 0.716. The molecule has 0 amide bonds. The summed E-state index contributed by atoms with van der Waals surface area (Å²) in [7, 11) is 0. The molecule has 0 aromatic heterocycles. The molecule has 0 saturated heterocycles. The van der Waals surface area contributed by atoms with Crippen molar-refractivity contribution in [1.29, 1.82) is 0 Å². The third-order valence-electron chi connectivity index (χ3n) is 1.93. The Kier molecular flexibility index (Phi) is 5.43. The zero-order chi connectivity index (χ0) is 9.56. The number of allylic oxidation sites excluding steroid dienone is 1. The van der Waals surface area contributed by atoms with Crippen LogP contribution in [-0.2, 0) is 0 Å². The minimum atomic E-state index is 0.402. The molecule has 0 aliphatic carbocycles. The van der Waals surface area contributed by atoms with Crippen molar-refractivity contribution in [3.63, 3.8) is 0 Å². The molecule has 1 unspecified atom stereocenters. The molecular formula is C10H20N2. The molecule has 0 rings (SSSR count). The topological polar surface area (TPSA) is 38.4 Å². The third-order valence-corrected chi connectivity index (χ3v) is 1.93. The fourth-order valence-corrected chi connectivity index (χ4v) is 0.703. The van der Waals surface area contributed by atoms with Gasteiger partial charge in [0, 0.05) is 12.3 Å². The number of hydrogen-bond donors (Lipinski definition) is 1. The van der Waals surface area contributed by atoms with E-state index in [9.17, 15) is 0 Å². The first-order valence-electron chi connectivity index (χ1n) is 4.56. The van der Waals surface area contributed by atoms with Crippen molar-refractivity contribution in [1.82, 2.24) is 0 Å². The zero-order valence-corrected chi connectivity index (χ0v) is 8.54. The molecule has 1 atom stereocenters. The first kappa shape index (κ1) is 11.2. The lowest BCUT2D eigenvalue weighted by Gasteiger charge is -2.05. The highest BCUT2D eigenvalue weighted by atomic mass is 14.7. The van der Waals surface area contributed by atoms with Crippen LogP contribution in [0.4, 0.5) is 0 Å². The van der Waals surface area contributed by atoms with Gasteiger partial charge in [-0.25, -0.2) is 0 Å². The summed E-state index contributed by atoms with van der Waals surface area (Å²) in [6, 6.07) is 0.402. The van der Waals surface area contributed by atoms with Crippen LogP contribution in [0, 0.1) is 5.92 Å². The van der Waals surface area contributed by atoms with E-state index in [0.717, 1.165) is 12.0 Å². The fraction of sp³-hybridized carbons (Fsp3) is 0.700. The van der Waals surface area contributed by atoms with E-state index in [-0.39, 0.29) is 0 Å². The lowest BCUT2D eigenvalue weighted by Crippen LogP contribution is -2.02. The Hall–Kier alpha value is -0.790. The van der Waals surface area contributed by atoms with E-state index < -0.39 is 0 Å². The van der Waals surface area contributed by atoms with Gasteiger partial charge in [0.05, 0.1) is 0 Å². The highest BCUT2D eigenvalue weighted by Crippen LogP contribution is 2.05. The molecule has 0 aromatic carbocycles. The number of nitrogens with two attached hydrogens (primary N) is 1. The van der Waals surface area contributed by atoms with Crippen molar-refractivity contribution < 1.29 is 0 Å². The molecule has 2 heteroatoms. The standard InChI is InChI=1S/C10H20N2/c1-5-9(4)12-7-10(6-11)8(2)3/h6-9H,5,11H2,1-4H3. The molecule has 2 N–H and O–H groups in total. The first-order chi connectivity index (χ1) is 5.61. The SMILES string of the molecule is CCC(C)N=CC(=CN)C(C)C. The van der Waals surface area contributed by atoms with Crippen molar-refractivity contribution in [2.75, 3.05) is 0 Å². The van der Waals surface area contributed by atoms with Gasteiger partial charge >= 0.3 is 0 Å². The quantitative estimate of drug-likeness (QED) is 0.643. The lowest BCUT2D eigenvalue weighted by atomic mass is 10.1. The molecule has 0 saturated carbocycles. The molecule has 2 nitrogen and oxygen atoms in total. The largest absolute Gasteiger partial charge is 0.404 e. The van der Waals surface area contributed by atoms with E-state index in [1.807, 2.05) is 6.21 Å². The summed E-state index contributed by atoms with van der Waals surface area (Å²) in [5.41, 5.74) is 6.55. The van der Waals surface area contributed by atoms with Crippen molar-refractivity contribution in [2.45, 2.75) is 40.2 Å². The Labute approximate surface area is 75.6 Å². The second kappa shape index (κ2) is 5.81. The van der Waals surface area contributed by atoms with Crippen LogP contribution < -0.4 is 5.73 Å². The molecule has 0 bridgehead atoms. The molecular weight excluding hydrogens is 148 g/mol. The Bertz CT molecular complexity index is 169. The maximum absolute atomic E-state index is 5.45. The van der Waals surface area contributed by atoms with Gasteiger partial charge in [-0.3, -0.25) is 4.99 Å². The summed E-state index contributed by atoms with van der Waals surface area (Å²) in [4.78, 5) is 4.36. The number of nitrogens with zero attached hydrogens (tertiary/aromatic N) is 1. The van der Waals surface area contributed by atoms with Gasteiger partial charge in [0.15, 0.2) is 0 Å². The summed E-state index contributed by atoms with van der Waals surface area (Å²) in [6.07, 6.45) is 4.60. The van der Waals surface area contributed by atoms with Crippen LogP contribution >= 0.6 is 0 Å². The average molecular weight is 168 g/mol. The van der Waals surface area contributed by atoms with Crippen LogP contribution in [0.5, 0.6) is 0 Å². The van der Waals surface area contributed by atoms with Crippen molar-refractivity contribution in [3.05, 3.63) is 11.8 Å². The Morgan fingerprint density at radius 1 is 1.42 bits per heavy atom. The molecule has 0 spiro atoms. The van der Waals surface area contributed by atoms with Gasteiger partial charge in [0.25, 0.3) is 0 Å². The molecule has 0 aromatic rings. The number of rotatable bonds is 4. The van der Waals surface area contributed by atoms with Crippen LogP contribution in [0.15, 0.2) is 16.8 Å². The Balaban J connectivity index is 4.12. The van der Waals surface area contributed by atoms with Gasteiger partial charge in [-0.2, -0.15) is 0 Å². The van der Waals surface area contributed by atoms with E-state index in [0.29, 0.717) is 12.0 Å². The fourth-order valence-electron chi connectivity index (χ4n) is 0.703. The predicted octanol–water partition coefficient (Wildman–Crippen LogP) is 2.35. The monoisotopic (exact) mass is 168 g/mol. The van der Waals surface area contributed by atoms with Crippen molar-refractivity contribution in [3.8, 4) is 0 Å². The highest BCUT2D eigenvalue weighted by molar-refractivity contribution is 5.78. The Morgan fingerprint density at radius 3 is 2.33 bits per heavy atom. The summed E-state index contributed by atoms with van der Waals surface area (Å²) in [6.45, 7) is 8.46. The van der Waals surface area contributed by atoms with Gasteiger partial charge in [0.1, 0.15) is 0 Å². The predicted molar refractivity (Wildman–Crippen MR) is 55.4 cm³/mol. The molecule has 0 radical (unpaired) electrons. The van der Waals surface area contributed by atoms with E-state index in [4.69, 9.17) is 5.73 Å². The van der Waals surface area contributed by atoms with Crippen molar-refractivity contribution in [2.24, 2.45) is 16.6 Å². The van der Waals surface area contributed by atoms with E-state index >= 15 is 0 Å². The molecule has 70 valence electrons. The minimum absolute atomic E-state index is 0.402. The maximum Gasteiger partial charge on any atom is 0.0468 e. The molecule has 0 heterocycles. The number of aliphatic imine (C=N–C) groups is 1. The molecule has 0 aliphatic heterocycles. The van der Waals surface area contributed by atoms with Gasteiger partial charge in [0.2, 0.25) is 0 Å². The van der Waals surface area contributed by atoms with E-state index in [1.54, 1.807) is 6.20 Å². The average Bonchev–Trinajstić information content (AvgIpc) is 2.04. The minimum Gasteiger partial charge on any atom is -0.404 e. The normalized spacial score (nSPS) is 15.9. The summed E-state index contributed by atoms with van der Waals surface area (Å²) in [5, 5.41) is 0. The van der Waals surface area contributed by atoms with Crippen LogP contribution in [0.25, 0.3) is 0 Å². The van der Waals surface area contributed by atoms with Gasteiger partial charge < -0.3 is 5.73 Å². The number of hydrogen-bond acceptors (Lipinski definition) is 2. The van der Waals surface area contributed by atoms with Crippen molar-refractivity contribution >= 4 is 6.21 Å². The van der Waals surface area contributed by atoms with E-state index in [1.165, 1.54) is 0 Å². The van der Waals surface area contributed by atoms with Crippen LogP contribution in [-0.4, -0.2) is 12.3 Å². The Morgan fingerprint density at radius 2 is 2.00 bits per heavy atom. The van der Waals surface area contributed by atoms with Gasteiger partial charge in [-0.1, -0.05) is 20.8 Å². The first-order valence-corrected chi connectivity index (χ1v) is 4.56. The van der Waals surface area contributed by atoms with E-state index in [2.05, 4.69) is 32.7 Å². The van der Waals surface area contributed by atoms with Crippen LogP contribution in [0.3, 0.4) is 0 Å². The molecule has 0 aliphatic rings. The third kappa shape index (κ3) is 4.16. The smallest absolute Gasteiger partial charge is 0.0468 e. The summed E-state index contributed by atoms with van der Waals surface area (Å²) < 4.78 is 0. The van der Waals surface area contributed by atoms with Crippen LogP contribution in [0.1, 0.15) is 34.1 Å². The second-order valence-corrected chi connectivity index (χ2v) is 3.36. The van der Waals surface area contributed by atoms with Crippen LogP contribution in [0.2, 0.25) is 0 Å². The highest BCUT2D eigenvalue weighted by Gasteiger charge is 1.99. The second-order valence-electron chi connectivity index (χ2n) is 3.36. The molecule has 12 heavy (non-hydrogen) atoms. The van der Waals surface area contributed by atoms with Gasteiger partial charge in [-0.05, 0) is 31.0 Å². The van der Waals surface area contributed by atoms with Gasteiger partial charge in [-0.15, -0.1) is 0 Å². The molecule has 0 fully saturated rings. The maximum atomic E-state index is 5.45. The summed E-state index contributed by atoms with van der Waals surface area (Å²) in [5.74, 6) is 0.461.